The number of esters is 2. The summed E-state index contributed by atoms with van der Waals surface area (Å²) in [5.41, 5.74) is 0. The number of unbranched alkanes of at least 4 members (excludes halogenated alkanes) is 26. The van der Waals surface area contributed by atoms with Gasteiger partial charge in [0.15, 0.2) is 6.10 Å². The quantitative estimate of drug-likeness (QED) is 0.0211. The van der Waals surface area contributed by atoms with Crippen molar-refractivity contribution in [3.8, 4) is 0 Å². The number of quaternary nitrogens is 1. The van der Waals surface area contributed by atoms with Crippen LogP contribution in [0.1, 0.15) is 258 Å². The van der Waals surface area contributed by atoms with E-state index in [2.05, 4.69) is 111 Å². The first kappa shape index (κ1) is 72.9. The lowest BCUT2D eigenvalue weighted by molar-refractivity contribution is -0.870. The van der Waals surface area contributed by atoms with E-state index in [0.29, 0.717) is 17.4 Å². The van der Waals surface area contributed by atoms with Crippen molar-refractivity contribution >= 4 is 19.8 Å². The maximum atomic E-state index is 12.8. The van der Waals surface area contributed by atoms with Crippen LogP contribution in [0.15, 0.2) is 97.2 Å². The Kier molecular flexibility index (Phi) is 54.4. The number of hydrogen-bond donors (Lipinski definition) is 1. The second kappa shape index (κ2) is 56.6. The number of phosphoric ester groups is 1. The highest BCUT2D eigenvalue weighted by atomic mass is 31.2. The monoisotopic (exact) mass is 1080 g/mol. The fraction of sp³-hybridized carbons (Fsp3) is 0.727. The molecule has 0 rings (SSSR count). The van der Waals surface area contributed by atoms with Crippen molar-refractivity contribution < 1.29 is 42.1 Å². The molecule has 0 aromatic rings. The number of carbonyl (C=O) groups is 2. The molecule has 2 unspecified atom stereocenters. The van der Waals surface area contributed by atoms with Gasteiger partial charge < -0.3 is 18.9 Å². The van der Waals surface area contributed by atoms with Crippen molar-refractivity contribution in [2.75, 3.05) is 47.5 Å². The van der Waals surface area contributed by atoms with Gasteiger partial charge in [-0.2, -0.15) is 0 Å². The molecule has 0 aliphatic carbocycles. The van der Waals surface area contributed by atoms with Crippen LogP contribution in [0.25, 0.3) is 0 Å². The molecule has 0 amide bonds. The van der Waals surface area contributed by atoms with Gasteiger partial charge in [0.1, 0.15) is 19.8 Å². The first-order chi connectivity index (χ1) is 37.0. The molecule has 0 spiro atoms. The SMILES string of the molecule is CC/C=C\C/C=C\C/C=C\C/C=C\C/C=C\CCCCCCCCCCCC(=O)OC(COC(=O)CCCCCCCCCCCCCC/C=C\C/C=C\C/C=C\CCCCCCC)COP(=O)(O)OCC[N+](C)(C)C. The molecule has 0 aliphatic heterocycles. The molecule has 0 heterocycles. The highest BCUT2D eigenvalue weighted by Crippen LogP contribution is 2.43. The highest BCUT2D eigenvalue weighted by molar-refractivity contribution is 7.47. The van der Waals surface area contributed by atoms with Crippen molar-refractivity contribution in [3.63, 3.8) is 0 Å². The number of nitrogens with zero attached hydrogens (tertiary/aromatic N) is 1. The summed E-state index contributed by atoms with van der Waals surface area (Å²) >= 11 is 0. The Bertz CT molecular complexity index is 1600. The van der Waals surface area contributed by atoms with Crippen molar-refractivity contribution in [1.82, 2.24) is 0 Å². The van der Waals surface area contributed by atoms with Gasteiger partial charge in [-0.25, -0.2) is 4.57 Å². The van der Waals surface area contributed by atoms with Gasteiger partial charge in [0.05, 0.1) is 27.7 Å². The fourth-order valence-electron chi connectivity index (χ4n) is 8.34. The van der Waals surface area contributed by atoms with Gasteiger partial charge in [-0.1, -0.05) is 246 Å². The van der Waals surface area contributed by atoms with E-state index in [0.717, 1.165) is 89.9 Å². The predicted molar refractivity (Wildman–Crippen MR) is 325 cm³/mol. The van der Waals surface area contributed by atoms with Gasteiger partial charge in [-0.3, -0.25) is 18.6 Å². The van der Waals surface area contributed by atoms with E-state index in [1.807, 2.05) is 21.1 Å². The number of hydrogen-bond acceptors (Lipinski definition) is 7. The van der Waals surface area contributed by atoms with Crippen LogP contribution in [-0.4, -0.2) is 74.9 Å². The molecular formula is C66H117NO8P+. The van der Waals surface area contributed by atoms with Crippen LogP contribution in [0.4, 0.5) is 0 Å². The van der Waals surface area contributed by atoms with Gasteiger partial charge in [0.2, 0.25) is 0 Å². The van der Waals surface area contributed by atoms with E-state index in [-0.39, 0.29) is 32.0 Å². The van der Waals surface area contributed by atoms with E-state index >= 15 is 0 Å². The summed E-state index contributed by atoms with van der Waals surface area (Å²) in [4.78, 5) is 35.8. The molecule has 2 atom stereocenters. The zero-order valence-electron chi connectivity index (χ0n) is 49.7. The van der Waals surface area contributed by atoms with E-state index < -0.39 is 26.5 Å². The standard InChI is InChI=1S/C66H116NO8P/c1-6-8-10-12-14-16-18-20-22-24-26-28-30-32-33-35-36-38-40-42-44-46-48-50-52-54-56-58-65(68)72-62-64(63-74-76(70,71)73-61-60-67(3,4)5)75-66(69)59-57-55-53-51-49-47-45-43-41-39-37-34-31-29-27-25-23-21-19-17-15-13-11-9-7-2/h9,11,15,17-18,20-21,23-24,26-27,29-30,32,34,37,64H,6-8,10,12-14,16,19,22,25,28,31,33,35-36,38-63H2,1-5H3/p+1/b11-9-,17-15-,20-18-,23-21-,26-24-,29-27-,32-30-,37-34-. The minimum atomic E-state index is -4.40. The number of likely N-dealkylation sites (N-methyl/N-ethyl adjacent to an activating group) is 1. The molecule has 0 aromatic carbocycles. The third-order valence-electron chi connectivity index (χ3n) is 13.1. The Morgan fingerprint density at radius 2 is 0.750 bits per heavy atom. The molecule has 438 valence electrons. The summed E-state index contributed by atoms with van der Waals surface area (Å²) < 4.78 is 34.6. The highest BCUT2D eigenvalue weighted by Gasteiger charge is 2.27. The number of phosphoric acid groups is 1. The van der Waals surface area contributed by atoms with Crippen molar-refractivity contribution in [2.45, 2.75) is 264 Å². The zero-order valence-corrected chi connectivity index (χ0v) is 50.6. The number of carbonyl (C=O) groups excluding carboxylic acids is 2. The Morgan fingerprint density at radius 3 is 1.12 bits per heavy atom. The van der Waals surface area contributed by atoms with E-state index in [9.17, 15) is 19.0 Å². The lowest BCUT2D eigenvalue weighted by Gasteiger charge is -2.24. The molecular weight excluding hydrogens is 966 g/mol. The smallest absolute Gasteiger partial charge is 0.462 e. The molecule has 9 nitrogen and oxygen atoms in total. The second-order valence-electron chi connectivity index (χ2n) is 21.7. The fourth-order valence-corrected chi connectivity index (χ4v) is 9.09. The average Bonchev–Trinajstić information content (AvgIpc) is 3.38. The van der Waals surface area contributed by atoms with Gasteiger partial charge in [-0.05, 0) is 96.3 Å². The van der Waals surface area contributed by atoms with Crippen LogP contribution in [0.5, 0.6) is 0 Å². The number of ether oxygens (including phenoxy) is 2. The number of rotatable bonds is 56. The molecule has 76 heavy (non-hydrogen) atoms. The minimum absolute atomic E-state index is 0.0259. The average molecular weight is 1080 g/mol. The first-order valence-electron chi connectivity index (χ1n) is 31.0. The lowest BCUT2D eigenvalue weighted by Crippen LogP contribution is -2.37. The molecule has 0 bridgehead atoms. The van der Waals surface area contributed by atoms with Gasteiger partial charge >= 0.3 is 19.8 Å². The van der Waals surface area contributed by atoms with Gasteiger partial charge in [0, 0.05) is 12.8 Å². The number of allylic oxidation sites excluding steroid dienone is 16. The summed E-state index contributed by atoms with van der Waals surface area (Å²) in [6.45, 7) is 4.31. The predicted octanol–water partition coefficient (Wildman–Crippen LogP) is 19.6. The Hall–Kier alpha value is -3.07. The lowest BCUT2D eigenvalue weighted by atomic mass is 10.0. The molecule has 1 N–H and O–H groups in total. The summed E-state index contributed by atoms with van der Waals surface area (Å²) in [7, 11) is 1.46. The topological polar surface area (TPSA) is 108 Å². The molecule has 0 saturated carbocycles. The summed E-state index contributed by atoms with van der Waals surface area (Å²) in [5, 5.41) is 0. The second-order valence-corrected chi connectivity index (χ2v) is 23.2. The summed E-state index contributed by atoms with van der Waals surface area (Å²) in [6.07, 6.45) is 77.6. The van der Waals surface area contributed by atoms with E-state index in [1.54, 1.807) is 0 Å². The van der Waals surface area contributed by atoms with Crippen LogP contribution < -0.4 is 0 Å². The molecule has 10 heteroatoms. The van der Waals surface area contributed by atoms with Crippen molar-refractivity contribution in [1.29, 1.82) is 0 Å². The molecule has 0 aliphatic rings. The Labute approximate surface area is 468 Å². The van der Waals surface area contributed by atoms with Crippen LogP contribution in [0.2, 0.25) is 0 Å². The minimum Gasteiger partial charge on any atom is -0.462 e. The third-order valence-corrected chi connectivity index (χ3v) is 14.1. The molecule has 0 aromatic heterocycles. The van der Waals surface area contributed by atoms with Crippen LogP contribution >= 0.6 is 7.82 Å². The first-order valence-corrected chi connectivity index (χ1v) is 32.5. The van der Waals surface area contributed by atoms with E-state index in [1.165, 1.54) is 135 Å². The van der Waals surface area contributed by atoms with Gasteiger partial charge in [0.25, 0.3) is 0 Å². The van der Waals surface area contributed by atoms with Crippen LogP contribution in [-0.2, 0) is 32.7 Å². The summed E-state index contributed by atoms with van der Waals surface area (Å²) in [6, 6.07) is 0. The Morgan fingerprint density at radius 1 is 0.421 bits per heavy atom. The maximum Gasteiger partial charge on any atom is 0.472 e. The third kappa shape index (κ3) is 60.2. The molecule has 0 radical (unpaired) electrons. The van der Waals surface area contributed by atoms with Crippen molar-refractivity contribution in [2.24, 2.45) is 0 Å². The molecule has 0 fully saturated rings. The van der Waals surface area contributed by atoms with Crippen LogP contribution in [0.3, 0.4) is 0 Å². The largest absolute Gasteiger partial charge is 0.472 e. The maximum absolute atomic E-state index is 12.8. The van der Waals surface area contributed by atoms with E-state index in [4.69, 9.17) is 18.5 Å². The van der Waals surface area contributed by atoms with Gasteiger partial charge in [-0.15, -0.1) is 0 Å². The summed E-state index contributed by atoms with van der Waals surface area (Å²) in [5.74, 6) is -0.806. The van der Waals surface area contributed by atoms with Crippen LogP contribution in [0, 0.1) is 0 Å². The zero-order chi connectivity index (χ0) is 55.6. The Balaban J connectivity index is 4.16. The van der Waals surface area contributed by atoms with Crippen molar-refractivity contribution in [3.05, 3.63) is 97.2 Å². The molecule has 0 saturated heterocycles. The normalized spacial score (nSPS) is 13.9.